The fraction of sp³-hybridized carbons (Fsp3) is 0.259. The summed E-state index contributed by atoms with van der Waals surface area (Å²) < 4.78 is 16.3. The smallest absolute Gasteiger partial charge is 0.337 e. The van der Waals surface area contributed by atoms with E-state index in [4.69, 9.17) is 14.2 Å². The Hall–Kier alpha value is -3.57. The van der Waals surface area contributed by atoms with Crippen molar-refractivity contribution < 1.29 is 45.6 Å². The summed E-state index contributed by atoms with van der Waals surface area (Å²) in [5, 5.41) is 3.10. The number of amidine groups is 1. The van der Waals surface area contributed by atoms with Crippen LogP contribution < -0.4 is 31.8 Å². The van der Waals surface area contributed by atoms with Crippen LogP contribution in [0.1, 0.15) is 19.4 Å². The van der Waals surface area contributed by atoms with Crippen LogP contribution in [0.5, 0.6) is 11.5 Å². The number of ether oxygens (including phenoxy) is 3. The maximum Gasteiger partial charge on any atom is 0.337 e. The van der Waals surface area contributed by atoms with Crippen LogP contribution in [0.25, 0.3) is 0 Å². The van der Waals surface area contributed by atoms with E-state index >= 15 is 0 Å². The maximum absolute atomic E-state index is 13.5. The number of benzene rings is 2. The number of carbonyl (C=O) groups is 3. The number of rotatable bonds is 8. The summed E-state index contributed by atoms with van der Waals surface area (Å²) in [4.78, 5) is 45.5. The molecule has 0 spiro atoms. The Morgan fingerprint density at radius 3 is 2.47 bits per heavy atom. The highest BCUT2D eigenvalue weighted by Gasteiger charge is 2.42. The molecule has 2 heterocycles. The highest BCUT2D eigenvalue weighted by molar-refractivity contribution is 8.18. The first-order chi connectivity index (χ1) is 17.9. The minimum absolute atomic E-state index is 0. The molecule has 9 nitrogen and oxygen atoms in total. The van der Waals surface area contributed by atoms with Gasteiger partial charge in [-0.1, -0.05) is 30.3 Å². The zero-order valence-corrected chi connectivity index (χ0v) is 23.7. The normalized spacial score (nSPS) is 16.5. The number of aliphatic imine (C=N–C) groups is 1. The molecule has 2 aliphatic heterocycles. The summed E-state index contributed by atoms with van der Waals surface area (Å²) in [6.45, 7) is 3.58. The van der Waals surface area contributed by atoms with Crippen molar-refractivity contribution in [1.29, 1.82) is 0 Å². The number of carbonyl (C=O) groups excluding carboxylic acids is 3. The molecule has 0 fully saturated rings. The SMILES string of the molecule is CCOC(=O)C1=C(C)N=C2SC(C(=O)Nc3ccccc3)=CC(=O)N2C1Cc1cccc(OC)c1OC.[Br-]. The van der Waals surface area contributed by atoms with E-state index in [9.17, 15) is 14.4 Å². The number of halogens is 1. The van der Waals surface area contributed by atoms with Crippen molar-refractivity contribution in [1.82, 2.24) is 4.90 Å². The van der Waals surface area contributed by atoms with Gasteiger partial charge in [-0.2, -0.15) is 0 Å². The highest BCUT2D eigenvalue weighted by atomic mass is 79.9. The number of para-hydroxylation sites is 2. The third-order valence-corrected chi connectivity index (χ3v) is 6.84. The number of hydrogen-bond donors (Lipinski definition) is 1. The van der Waals surface area contributed by atoms with Crippen LogP contribution in [0, 0.1) is 0 Å². The molecule has 2 aliphatic rings. The monoisotopic (exact) mass is 600 g/mol. The Kier molecular flexibility index (Phi) is 9.76. The molecular weight excluding hydrogens is 574 g/mol. The molecule has 0 bridgehead atoms. The summed E-state index contributed by atoms with van der Waals surface area (Å²) in [7, 11) is 3.07. The van der Waals surface area contributed by atoms with Gasteiger partial charge in [-0.25, -0.2) is 9.79 Å². The van der Waals surface area contributed by atoms with Crippen LogP contribution in [-0.4, -0.2) is 54.7 Å². The Morgan fingerprint density at radius 2 is 1.82 bits per heavy atom. The Bertz CT molecular complexity index is 1330. The molecule has 0 saturated heterocycles. The van der Waals surface area contributed by atoms with Gasteiger partial charge in [-0.15, -0.1) is 0 Å². The largest absolute Gasteiger partial charge is 1.00 e. The van der Waals surface area contributed by atoms with Gasteiger partial charge in [0, 0.05) is 23.7 Å². The predicted molar refractivity (Wildman–Crippen MR) is 141 cm³/mol. The summed E-state index contributed by atoms with van der Waals surface area (Å²) >= 11 is 1.07. The van der Waals surface area contributed by atoms with Gasteiger partial charge in [-0.3, -0.25) is 14.5 Å². The number of fused-ring (bicyclic) bond motifs is 1. The quantitative estimate of drug-likeness (QED) is 0.449. The number of nitrogens with zero attached hydrogens (tertiary/aromatic N) is 2. The number of nitrogens with one attached hydrogen (secondary N) is 1. The molecule has 38 heavy (non-hydrogen) atoms. The lowest BCUT2D eigenvalue weighted by molar-refractivity contribution is -0.139. The molecule has 4 rings (SSSR count). The first-order valence-electron chi connectivity index (χ1n) is 11.6. The fourth-order valence-corrected chi connectivity index (χ4v) is 5.22. The first kappa shape index (κ1) is 29.0. The maximum atomic E-state index is 13.5. The zero-order chi connectivity index (χ0) is 26.5. The number of esters is 1. The van der Waals surface area contributed by atoms with Gasteiger partial charge in [0.1, 0.15) is 0 Å². The van der Waals surface area contributed by atoms with E-state index in [2.05, 4.69) is 10.3 Å². The van der Waals surface area contributed by atoms with E-state index in [0.29, 0.717) is 28.1 Å². The van der Waals surface area contributed by atoms with E-state index in [-0.39, 0.29) is 40.5 Å². The Morgan fingerprint density at radius 1 is 1.08 bits per heavy atom. The zero-order valence-electron chi connectivity index (χ0n) is 21.3. The second-order valence-corrected chi connectivity index (χ2v) is 9.13. The van der Waals surface area contributed by atoms with Crippen LogP contribution >= 0.6 is 11.8 Å². The van der Waals surface area contributed by atoms with Gasteiger partial charge in [0.25, 0.3) is 11.8 Å². The van der Waals surface area contributed by atoms with Gasteiger partial charge in [0.2, 0.25) is 0 Å². The molecule has 1 atom stereocenters. The highest BCUT2D eigenvalue weighted by Crippen LogP contribution is 2.39. The van der Waals surface area contributed by atoms with Crippen LogP contribution in [0.15, 0.2) is 75.8 Å². The number of amides is 2. The van der Waals surface area contributed by atoms with E-state index in [1.54, 1.807) is 51.3 Å². The number of anilines is 1. The molecule has 2 aromatic carbocycles. The summed E-state index contributed by atoms with van der Waals surface area (Å²) in [6, 6.07) is 13.7. The number of allylic oxidation sites excluding steroid dienone is 1. The Balaban J connectivity index is 0.00000400. The third-order valence-electron chi connectivity index (χ3n) is 5.85. The van der Waals surface area contributed by atoms with Crippen LogP contribution in [0.3, 0.4) is 0 Å². The minimum Gasteiger partial charge on any atom is -1.00 e. The average molecular weight is 601 g/mol. The first-order valence-corrected chi connectivity index (χ1v) is 12.4. The second-order valence-electron chi connectivity index (χ2n) is 8.13. The number of hydrogen-bond acceptors (Lipinski definition) is 8. The number of methoxy groups -OCH3 is 2. The molecule has 0 aromatic heterocycles. The van der Waals surface area contributed by atoms with E-state index < -0.39 is 23.8 Å². The second kappa shape index (κ2) is 12.8. The predicted octanol–water partition coefficient (Wildman–Crippen LogP) is 0.924. The van der Waals surface area contributed by atoms with Crippen molar-refractivity contribution in [2.24, 2.45) is 4.99 Å². The minimum atomic E-state index is -0.734. The molecule has 1 unspecified atom stereocenters. The lowest BCUT2D eigenvalue weighted by Crippen LogP contribution is -3.00. The summed E-state index contributed by atoms with van der Waals surface area (Å²) in [5.74, 6) is -0.399. The average Bonchev–Trinajstić information content (AvgIpc) is 2.88. The molecule has 2 aromatic rings. The topological polar surface area (TPSA) is 107 Å². The van der Waals surface area contributed by atoms with Gasteiger partial charge >= 0.3 is 5.97 Å². The standard InChI is InChI=1S/C27H27N3O6S.BrH/c1-5-36-26(33)23-16(2)28-27-30(19(23)14-17-10-9-13-20(34-3)24(17)35-4)22(31)15-21(37-27)25(32)29-18-11-7-6-8-12-18;/h6-13,15,19H,5,14H2,1-4H3,(H,29,32);1H/p-1. The third kappa shape index (κ3) is 5.94. The van der Waals surface area contributed by atoms with Crippen LogP contribution in [0.2, 0.25) is 0 Å². The molecule has 11 heteroatoms. The number of thioether (sulfide) groups is 1. The molecule has 0 saturated carbocycles. The van der Waals surface area contributed by atoms with Crippen molar-refractivity contribution in [2.75, 3.05) is 26.1 Å². The Labute approximate surface area is 235 Å². The van der Waals surface area contributed by atoms with Gasteiger partial charge in [0.15, 0.2) is 16.7 Å². The summed E-state index contributed by atoms with van der Waals surface area (Å²) in [5.41, 5.74) is 2.03. The van der Waals surface area contributed by atoms with Crippen molar-refractivity contribution in [3.05, 3.63) is 76.3 Å². The van der Waals surface area contributed by atoms with Crippen molar-refractivity contribution in [3.8, 4) is 11.5 Å². The van der Waals surface area contributed by atoms with E-state index in [1.165, 1.54) is 18.1 Å². The molecule has 2 amide bonds. The van der Waals surface area contributed by atoms with Crippen LogP contribution in [-0.2, 0) is 25.5 Å². The van der Waals surface area contributed by atoms with E-state index in [1.807, 2.05) is 18.2 Å². The van der Waals surface area contributed by atoms with Crippen molar-refractivity contribution in [2.45, 2.75) is 26.3 Å². The molecule has 0 radical (unpaired) electrons. The van der Waals surface area contributed by atoms with Crippen molar-refractivity contribution in [3.63, 3.8) is 0 Å². The lowest BCUT2D eigenvalue weighted by atomic mass is 9.94. The van der Waals surface area contributed by atoms with Crippen molar-refractivity contribution >= 4 is 40.4 Å². The molecule has 200 valence electrons. The summed E-state index contributed by atoms with van der Waals surface area (Å²) in [6.07, 6.45) is 1.50. The van der Waals surface area contributed by atoms with E-state index in [0.717, 1.165) is 17.3 Å². The van der Waals surface area contributed by atoms with Crippen LogP contribution in [0.4, 0.5) is 5.69 Å². The van der Waals surface area contributed by atoms with Gasteiger partial charge < -0.3 is 36.5 Å². The molecule has 0 aliphatic carbocycles. The lowest BCUT2D eigenvalue weighted by Gasteiger charge is -2.38. The fourth-order valence-electron chi connectivity index (χ4n) is 4.23. The molecule has 1 N–H and O–H groups in total. The van der Waals surface area contributed by atoms with Gasteiger partial charge in [-0.05, 0) is 43.8 Å². The molecular formula is C27H27BrN3O6S-. The van der Waals surface area contributed by atoms with Gasteiger partial charge in [0.05, 0.1) is 43.0 Å².